The van der Waals surface area contributed by atoms with E-state index in [0.717, 1.165) is 17.9 Å². The molecule has 4 aromatic rings. The predicted octanol–water partition coefficient (Wildman–Crippen LogP) is 1.99. The number of nitrogens with zero attached hydrogens (tertiary/aromatic N) is 6. The monoisotopic (exact) mass is 406 g/mol. The summed E-state index contributed by atoms with van der Waals surface area (Å²) >= 11 is 0. The van der Waals surface area contributed by atoms with Gasteiger partial charge in [0.1, 0.15) is 5.82 Å². The van der Waals surface area contributed by atoms with Crippen LogP contribution in [-0.4, -0.2) is 39.7 Å². The maximum atomic E-state index is 13.2. The number of hydrogen-bond donors (Lipinski definition) is 1. The Hall–Kier alpha value is -3.75. The molecule has 0 saturated carbocycles. The zero-order chi connectivity index (χ0) is 21.1. The van der Waals surface area contributed by atoms with E-state index in [1.807, 2.05) is 35.9 Å². The van der Waals surface area contributed by atoms with E-state index in [9.17, 15) is 14.7 Å². The summed E-state index contributed by atoms with van der Waals surface area (Å²) in [4.78, 5) is 37.5. The maximum Gasteiger partial charge on any atom is 0.337 e. The molecule has 0 aliphatic carbocycles. The van der Waals surface area contributed by atoms with E-state index in [-0.39, 0.29) is 11.3 Å². The van der Waals surface area contributed by atoms with E-state index in [0.29, 0.717) is 37.2 Å². The number of aryl methyl sites for hydroxylation is 5. The lowest BCUT2D eigenvalue weighted by Crippen LogP contribution is -2.26. The molecule has 0 spiro atoms. The number of hydrogen-bond acceptors (Lipinski definition) is 5. The topological polar surface area (TPSA) is 108 Å². The van der Waals surface area contributed by atoms with Crippen LogP contribution >= 0.6 is 0 Å². The molecular formula is C21H22N6O3. The molecule has 154 valence electrons. The molecule has 0 radical (unpaired) electrons. The number of fused-ring (bicyclic) bond motifs is 1. The number of carboxylic acid groups (broad SMARTS) is 1. The van der Waals surface area contributed by atoms with Crippen LogP contribution in [0.15, 0.2) is 53.8 Å². The van der Waals surface area contributed by atoms with Crippen molar-refractivity contribution in [2.45, 2.75) is 39.4 Å². The molecule has 0 fully saturated rings. The quantitative estimate of drug-likeness (QED) is 0.479. The summed E-state index contributed by atoms with van der Waals surface area (Å²) in [7, 11) is 0. The second kappa shape index (κ2) is 8.32. The largest absolute Gasteiger partial charge is 0.478 e. The number of aromatic nitrogens is 6. The zero-order valence-electron chi connectivity index (χ0n) is 16.6. The van der Waals surface area contributed by atoms with Crippen molar-refractivity contribution < 1.29 is 9.90 Å². The van der Waals surface area contributed by atoms with Gasteiger partial charge in [-0.2, -0.15) is 0 Å². The van der Waals surface area contributed by atoms with Crippen LogP contribution in [0.5, 0.6) is 0 Å². The van der Waals surface area contributed by atoms with E-state index < -0.39 is 5.97 Å². The molecular weight excluding hydrogens is 384 g/mol. The standard InChI is InChI=1S/C21H22N6O3/c1-2-18-23-8-10-25(18)11-12-26-17-13-15(20(28)29)14-24-19(17)27(21(26)30)9-6-16-5-3-4-7-22-16/h3-5,7-8,10,13-14H,2,6,9,11-12H2,1H3,(H,28,29). The lowest BCUT2D eigenvalue weighted by Gasteiger charge is -2.07. The lowest BCUT2D eigenvalue weighted by atomic mass is 10.2. The van der Waals surface area contributed by atoms with Crippen molar-refractivity contribution in [2.75, 3.05) is 0 Å². The van der Waals surface area contributed by atoms with Gasteiger partial charge in [-0.25, -0.2) is 19.6 Å². The van der Waals surface area contributed by atoms with Crippen LogP contribution < -0.4 is 5.69 Å². The molecule has 4 heterocycles. The molecule has 4 aromatic heterocycles. The molecule has 1 N–H and O–H groups in total. The molecule has 0 aliphatic rings. The molecule has 9 nitrogen and oxygen atoms in total. The summed E-state index contributed by atoms with van der Waals surface area (Å²) in [5, 5.41) is 9.36. The molecule has 9 heteroatoms. The smallest absolute Gasteiger partial charge is 0.337 e. The first-order valence-electron chi connectivity index (χ1n) is 9.80. The van der Waals surface area contributed by atoms with Gasteiger partial charge in [-0.05, 0) is 18.2 Å². The van der Waals surface area contributed by atoms with Crippen molar-refractivity contribution in [3.63, 3.8) is 0 Å². The number of rotatable bonds is 8. The Balaban J connectivity index is 1.71. The van der Waals surface area contributed by atoms with Gasteiger partial charge in [0.2, 0.25) is 0 Å². The highest BCUT2D eigenvalue weighted by Gasteiger charge is 2.17. The summed E-state index contributed by atoms with van der Waals surface area (Å²) in [6.45, 7) is 3.38. The van der Waals surface area contributed by atoms with Crippen LogP contribution in [0.25, 0.3) is 11.2 Å². The zero-order valence-corrected chi connectivity index (χ0v) is 16.6. The number of carboxylic acids is 1. The van der Waals surface area contributed by atoms with Gasteiger partial charge in [-0.3, -0.25) is 14.1 Å². The Morgan fingerprint density at radius 2 is 1.93 bits per heavy atom. The fourth-order valence-corrected chi connectivity index (χ4v) is 3.56. The third-order valence-corrected chi connectivity index (χ3v) is 5.10. The van der Waals surface area contributed by atoms with Gasteiger partial charge in [-0.15, -0.1) is 0 Å². The molecule has 4 rings (SSSR count). The third kappa shape index (κ3) is 3.73. The molecule has 0 bridgehead atoms. The van der Waals surface area contributed by atoms with Gasteiger partial charge in [0.05, 0.1) is 11.1 Å². The van der Waals surface area contributed by atoms with Crippen LogP contribution in [0.2, 0.25) is 0 Å². The Kier molecular flexibility index (Phi) is 5.42. The minimum Gasteiger partial charge on any atom is -0.478 e. The van der Waals surface area contributed by atoms with Crippen LogP contribution in [-0.2, 0) is 32.5 Å². The Morgan fingerprint density at radius 1 is 1.07 bits per heavy atom. The van der Waals surface area contributed by atoms with Gasteiger partial charge < -0.3 is 9.67 Å². The summed E-state index contributed by atoms with van der Waals surface area (Å²) in [5.74, 6) is -0.140. The summed E-state index contributed by atoms with van der Waals surface area (Å²) in [5.41, 5.74) is 1.70. The molecule has 0 saturated heterocycles. The highest BCUT2D eigenvalue weighted by Crippen LogP contribution is 2.14. The second-order valence-electron chi connectivity index (χ2n) is 6.92. The van der Waals surface area contributed by atoms with Gasteiger partial charge in [0, 0.05) is 63.0 Å². The van der Waals surface area contributed by atoms with Crippen LogP contribution in [0.1, 0.15) is 28.8 Å². The van der Waals surface area contributed by atoms with E-state index >= 15 is 0 Å². The van der Waals surface area contributed by atoms with Gasteiger partial charge in [-0.1, -0.05) is 13.0 Å². The summed E-state index contributed by atoms with van der Waals surface area (Å²) < 4.78 is 5.18. The van der Waals surface area contributed by atoms with Gasteiger partial charge in [0.25, 0.3) is 0 Å². The van der Waals surface area contributed by atoms with Crippen molar-refractivity contribution in [3.8, 4) is 0 Å². The average Bonchev–Trinajstić information content (AvgIpc) is 3.32. The van der Waals surface area contributed by atoms with Crippen molar-refractivity contribution in [1.29, 1.82) is 0 Å². The number of pyridine rings is 2. The third-order valence-electron chi connectivity index (χ3n) is 5.10. The normalized spacial score (nSPS) is 11.2. The predicted molar refractivity (Wildman–Crippen MR) is 110 cm³/mol. The second-order valence-corrected chi connectivity index (χ2v) is 6.92. The van der Waals surface area contributed by atoms with Crippen molar-refractivity contribution in [2.24, 2.45) is 0 Å². The van der Waals surface area contributed by atoms with E-state index in [1.54, 1.807) is 21.5 Å². The van der Waals surface area contributed by atoms with Gasteiger partial charge >= 0.3 is 11.7 Å². The molecule has 0 aliphatic heterocycles. The van der Waals surface area contributed by atoms with Crippen LogP contribution in [0, 0.1) is 0 Å². The van der Waals surface area contributed by atoms with Crippen molar-refractivity contribution in [1.82, 2.24) is 28.7 Å². The first-order valence-corrected chi connectivity index (χ1v) is 9.80. The molecule has 0 aromatic carbocycles. The molecule has 30 heavy (non-hydrogen) atoms. The molecule has 0 unspecified atom stereocenters. The Labute approximate surface area is 172 Å². The van der Waals surface area contributed by atoms with Gasteiger partial charge in [0.15, 0.2) is 5.65 Å². The van der Waals surface area contributed by atoms with E-state index in [1.165, 1.54) is 12.3 Å². The van der Waals surface area contributed by atoms with E-state index in [2.05, 4.69) is 15.0 Å². The maximum absolute atomic E-state index is 13.2. The number of carbonyl (C=O) groups is 1. The fraction of sp³-hybridized carbons (Fsp3) is 0.286. The highest BCUT2D eigenvalue weighted by molar-refractivity contribution is 5.90. The van der Waals surface area contributed by atoms with Crippen LogP contribution in [0.3, 0.4) is 0 Å². The van der Waals surface area contributed by atoms with Crippen LogP contribution in [0.4, 0.5) is 0 Å². The fourth-order valence-electron chi connectivity index (χ4n) is 3.56. The summed E-state index contributed by atoms with van der Waals surface area (Å²) in [6.07, 6.45) is 7.99. The first kappa shape index (κ1) is 19.6. The number of imidazole rings is 2. The lowest BCUT2D eigenvalue weighted by molar-refractivity contribution is 0.0696. The van der Waals surface area contributed by atoms with E-state index in [4.69, 9.17) is 0 Å². The highest BCUT2D eigenvalue weighted by atomic mass is 16.4. The number of aromatic carboxylic acids is 1. The minimum atomic E-state index is -1.08. The first-order chi connectivity index (χ1) is 14.6. The molecule has 0 atom stereocenters. The van der Waals surface area contributed by atoms with Crippen molar-refractivity contribution >= 4 is 17.1 Å². The summed E-state index contributed by atoms with van der Waals surface area (Å²) in [6, 6.07) is 7.17. The molecule has 0 amide bonds. The average molecular weight is 406 g/mol. The SMILES string of the molecule is CCc1nccn1CCn1c(=O)n(CCc2ccccn2)c2ncc(C(=O)O)cc21. The Morgan fingerprint density at radius 3 is 2.67 bits per heavy atom. The minimum absolute atomic E-state index is 0.0509. The Bertz CT molecular complexity index is 1240. The van der Waals surface area contributed by atoms with Crippen molar-refractivity contribution in [3.05, 3.63) is 76.6 Å².